The lowest BCUT2D eigenvalue weighted by Crippen LogP contribution is -2.44. The van der Waals surface area contributed by atoms with E-state index in [1.54, 1.807) is 0 Å². The van der Waals surface area contributed by atoms with Crippen LogP contribution in [-0.2, 0) is 17.3 Å². The van der Waals surface area contributed by atoms with Crippen LogP contribution in [0.4, 0.5) is 0 Å². The van der Waals surface area contributed by atoms with Crippen molar-refractivity contribution < 1.29 is 0 Å². The zero-order valence-corrected chi connectivity index (χ0v) is 39.6. The van der Waals surface area contributed by atoms with Gasteiger partial charge in [0.05, 0.1) is 27.7 Å². The highest BCUT2D eigenvalue weighted by Crippen LogP contribution is 2.69. The number of benzene rings is 6. The van der Waals surface area contributed by atoms with Gasteiger partial charge in [-0.1, -0.05) is 158 Å². The maximum absolute atomic E-state index is 5.55. The Bertz CT molecular complexity index is 3680. The molecule has 2 spiro atoms. The van der Waals surface area contributed by atoms with Crippen molar-refractivity contribution in [1.82, 2.24) is 14.5 Å². The molecule has 2 atom stereocenters. The lowest BCUT2D eigenvalue weighted by Gasteiger charge is -2.51. The molecular formula is C66H52N4. The van der Waals surface area contributed by atoms with Gasteiger partial charge in [-0.25, -0.2) is 9.97 Å². The van der Waals surface area contributed by atoms with Gasteiger partial charge in [0, 0.05) is 34.0 Å². The van der Waals surface area contributed by atoms with Gasteiger partial charge in [-0.05, 0) is 167 Å². The van der Waals surface area contributed by atoms with E-state index < -0.39 is 10.8 Å². The van der Waals surface area contributed by atoms with Gasteiger partial charge in [0.2, 0.25) is 5.95 Å². The van der Waals surface area contributed by atoms with Crippen LogP contribution in [0.25, 0.3) is 61.6 Å². The molecule has 70 heavy (non-hydrogen) atoms. The molecule has 0 amide bonds. The summed E-state index contributed by atoms with van der Waals surface area (Å²) >= 11 is 0. The molecule has 0 fully saturated rings. The summed E-state index contributed by atoms with van der Waals surface area (Å²) in [6, 6.07) is 56.5. The molecule has 6 aliphatic carbocycles. The van der Waals surface area contributed by atoms with Crippen molar-refractivity contribution in [3.8, 4) is 39.6 Å². The molecule has 2 heterocycles. The number of aliphatic imine (C=N–C) groups is 1. The van der Waals surface area contributed by atoms with Crippen molar-refractivity contribution in [2.24, 2.45) is 4.99 Å². The highest BCUT2D eigenvalue weighted by Gasteiger charge is 2.59. The summed E-state index contributed by atoms with van der Waals surface area (Å²) < 4.78 is 2.47. The third-order valence-corrected chi connectivity index (χ3v) is 16.6. The van der Waals surface area contributed by atoms with Gasteiger partial charge in [0.1, 0.15) is 0 Å². The average molecular weight is 901 g/mol. The van der Waals surface area contributed by atoms with E-state index in [4.69, 9.17) is 9.97 Å². The number of hydrogen-bond donors (Lipinski definition) is 0. The number of aromatic nitrogens is 3. The lowest BCUT2D eigenvalue weighted by molar-refractivity contribution is 0.587. The molecule has 2 aromatic heterocycles. The smallest absolute Gasteiger partial charge is 0.235 e. The van der Waals surface area contributed by atoms with Gasteiger partial charge in [0.15, 0.2) is 0 Å². The van der Waals surface area contributed by atoms with Gasteiger partial charge >= 0.3 is 0 Å². The van der Waals surface area contributed by atoms with Gasteiger partial charge in [0.25, 0.3) is 0 Å². The molecular weight excluding hydrogens is 849 g/mol. The average Bonchev–Trinajstić information content (AvgIpc) is 3.98. The predicted molar refractivity (Wildman–Crippen MR) is 288 cm³/mol. The van der Waals surface area contributed by atoms with Crippen molar-refractivity contribution >= 4 is 28.8 Å². The maximum Gasteiger partial charge on any atom is 0.235 e. The van der Waals surface area contributed by atoms with Crippen LogP contribution in [-0.4, -0.2) is 21.3 Å². The number of nitrogens with zero attached hydrogens (tertiary/aromatic N) is 4. The van der Waals surface area contributed by atoms with Crippen molar-refractivity contribution in [2.45, 2.75) is 69.1 Å². The van der Waals surface area contributed by atoms with E-state index in [9.17, 15) is 0 Å². The van der Waals surface area contributed by atoms with Crippen LogP contribution in [0.1, 0.15) is 96.5 Å². The number of hydrogen-bond acceptors (Lipinski definition) is 3. The molecule has 4 nitrogen and oxygen atoms in total. The quantitative estimate of drug-likeness (QED) is 0.162. The van der Waals surface area contributed by atoms with E-state index in [0.29, 0.717) is 0 Å². The Morgan fingerprint density at radius 3 is 1.96 bits per heavy atom. The second kappa shape index (κ2) is 15.8. The fraction of sp³-hybridized carbons (Fsp3) is 0.167. The summed E-state index contributed by atoms with van der Waals surface area (Å²) in [6.45, 7) is 6.22. The SMILES string of the molecule is C=N/C=C\C1=C(C)c2ccccc2C12C1=C(C=CCC1)C1(c3ccccc3-c3cc4c(cc31)c1c(n4-c3nc(-c4ccccc4)cc(-c4ccccc4)n3)CCC3=C1CCCC/C=C\3)c1ccccc12. The normalized spacial score (nSPS) is 21.0. The first kappa shape index (κ1) is 41.1. The highest BCUT2D eigenvalue weighted by molar-refractivity contribution is 6.04. The second-order valence-electron chi connectivity index (χ2n) is 19.9. The minimum Gasteiger partial charge on any atom is -0.282 e. The van der Waals surface area contributed by atoms with Crippen LogP contribution < -0.4 is 0 Å². The molecule has 0 aliphatic heterocycles. The zero-order valence-electron chi connectivity index (χ0n) is 39.6. The molecule has 6 aromatic carbocycles. The van der Waals surface area contributed by atoms with Crippen LogP contribution in [0.2, 0.25) is 0 Å². The summed E-state index contributed by atoms with van der Waals surface area (Å²) in [4.78, 5) is 15.4. The number of fused-ring (bicyclic) bond motifs is 16. The first-order valence-electron chi connectivity index (χ1n) is 25.3. The monoisotopic (exact) mass is 900 g/mol. The van der Waals surface area contributed by atoms with Crippen molar-refractivity contribution in [2.75, 3.05) is 0 Å². The van der Waals surface area contributed by atoms with E-state index in [2.05, 4.69) is 205 Å². The Hall–Kier alpha value is -7.95. The standard InChI is InChI=1S/C66H52N4/c1-42-46-26-13-15-29-52(46)65(51(42)37-38-67-2)54-31-17-19-33-56(54)66(57-34-20-18-32-55(57)65)53-30-16-14-28-48(53)49-40-62-50(39-58(49)66)63-47-27-12-4-3-7-21-43(47)35-36-61(63)70(62)64-68-59(44-22-8-5-9-23-44)41-60(69-64)45-24-10-6-11-25-45/h5-11,13-17,19-26,28-31,33-34,37-41H,2-4,12,18,27,32,35-36H2,1H3/b21-7-,38-37-. The van der Waals surface area contributed by atoms with Gasteiger partial charge in [-0.3, -0.25) is 9.56 Å². The van der Waals surface area contributed by atoms with Crippen molar-refractivity contribution in [3.63, 3.8) is 0 Å². The minimum atomic E-state index is -0.572. The number of allylic oxidation sites excluding steroid dienone is 11. The first-order valence-corrected chi connectivity index (χ1v) is 25.3. The lowest BCUT2D eigenvalue weighted by atomic mass is 9.50. The molecule has 14 rings (SSSR count). The van der Waals surface area contributed by atoms with Crippen LogP contribution in [0.15, 0.2) is 216 Å². The zero-order chi connectivity index (χ0) is 46.6. The molecule has 336 valence electrons. The summed E-state index contributed by atoms with van der Waals surface area (Å²) in [5, 5.41) is 1.29. The second-order valence-corrected chi connectivity index (χ2v) is 19.9. The Morgan fingerprint density at radius 2 is 1.23 bits per heavy atom. The fourth-order valence-electron chi connectivity index (χ4n) is 13.9. The summed E-state index contributed by atoms with van der Waals surface area (Å²) in [7, 11) is 0. The van der Waals surface area contributed by atoms with Crippen LogP contribution >= 0.6 is 0 Å². The van der Waals surface area contributed by atoms with E-state index in [1.165, 1.54) is 107 Å². The minimum absolute atomic E-state index is 0.490. The van der Waals surface area contributed by atoms with Crippen LogP contribution in [0, 0.1) is 0 Å². The molecule has 8 aromatic rings. The van der Waals surface area contributed by atoms with Gasteiger partial charge in [-0.2, -0.15) is 0 Å². The molecule has 0 saturated carbocycles. The Morgan fingerprint density at radius 1 is 0.586 bits per heavy atom. The predicted octanol–water partition coefficient (Wildman–Crippen LogP) is 15.8. The Balaban J connectivity index is 1.12. The number of rotatable bonds is 5. The summed E-state index contributed by atoms with van der Waals surface area (Å²) in [5.41, 5.74) is 25.9. The van der Waals surface area contributed by atoms with Crippen molar-refractivity contribution in [3.05, 3.63) is 255 Å². The van der Waals surface area contributed by atoms with Crippen molar-refractivity contribution in [1.29, 1.82) is 0 Å². The molecule has 0 radical (unpaired) electrons. The van der Waals surface area contributed by atoms with Gasteiger partial charge in [-0.15, -0.1) is 0 Å². The van der Waals surface area contributed by atoms with E-state index in [-0.39, 0.29) is 0 Å². The van der Waals surface area contributed by atoms with E-state index >= 15 is 0 Å². The molecule has 0 bridgehead atoms. The van der Waals surface area contributed by atoms with E-state index in [1.807, 2.05) is 6.20 Å². The molecule has 0 N–H and O–H groups in total. The molecule has 4 heteroatoms. The topological polar surface area (TPSA) is 43.1 Å². The Labute approximate surface area is 410 Å². The van der Waals surface area contributed by atoms with E-state index in [0.717, 1.165) is 73.4 Å². The fourth-order valence-corrected chi connectivity index (χ4v) is 13.9. The Kier molecular flexibility index (Phi) is 9.27. The third kappa shape index (κ3) is 5.56. The maximum atomic E-state index is 5.55. The summed E-state index contributed by atoms with van der Waals surface area (Å²) in [5.74, 6) is 0.722. The largest absolute Gasteiger partial charge is 0.282 e. The molecule has 0 saturated heterocycles. The molecule has 2 unspecified atom stereocenters. The first-order chi connectivity index (χ1) is 34.6. The van der Waals surface area contributed by atoms with Crippen LogP contribution in [0.3, 0.4) is 0 Å². The highest BCUT2D eigenvalue weighted by atomic mass is 15.2. The van der Waals surface area contributed by atoms with Crippen LogP contribution in [0.5, 0.6) is 0 Å². The molecule has 6 aliphatic rings. The third-order valence-electron chi connectivity index (χ3n) is 16.6. The van der Waals surface area contributed by atoms with Gasteiger partial charge < -0.3 is 0 Å². The summed E-state index contributed by atoms with van der Waals surface area (Å²) in [6.07, 6.45) is 22.4.